The van der Waals surface area contributed by atoms with E-state index in [0.717, 1.165) is 10.0 Å². The molecule has 0 aliphatic heterocycles. The van der Waals surface area contributed by atoms with Crippen LogP contribution in [0.4, 0.5) is 4.79 Å². The van der Waals surface area contributed by atoms with Gasteiger partial charge < -0.3 is 5.32 Å². The van der Waals surface area contributed by atoms with Gasteiger partial charge in [-0.2, -0.15) is 0 Å². The number of nitrogens with one attached hydrogen (secondary N) is 2. The number of hydrogen-bond acceptors (Lipinski definition) is 2. The first-order chi connectivity index (χ1) is 7.63. The van der Waals surface area contributed by atoms with E-state index in [2.05, 4.69) is 26.6 Å². The lowest BCUT2D eigenvalue weighted by molar-refractivity contribution is -0.117. The van der Waals surface area contributed by atoms with Crippen LogP contribution in [0.15, 0.2) is 28.7 Å². The summed E-state index contributed by atoms with van der Waals surface area (Å²) in [6, 6.07) is 6.93. The average Bonchev–Trinajstić information content (AvgIpc) is 2.28. The number of benzene rings is 1. The third-order valence-corrected chi connectivity index (χ3v) is 2.79. The van der Waals surface area contributed by atoms with Gasteiger partial charge in [0.25, 0.3) is 0 Å². The zero-order valence-corrected chi connectivity index (χ0v) is 10.6. The number of halogens is 2. The van der Waals surface area contributed by atoms with Crippen molar-refractivity contribution in [2.45, 2.75) is 6.54 Å². The highest BCUT2D eigenvalue weighted by atomic mass is 79.9. The van der Waals surface area contributed by atoms with Crippen LogP contribution in [-0.2, 0) is 11.3 Å². The van der Waals surface area contributed by atoms with E-state index in [4.69, 9.17) is 11.6 Å². The number of imide groups is 1. The minimum Gasteiger partial charge on any atom is -0.334 e. The van der Waals surface area contributed by atoms with Crippen molar-refractivity contribution in [1.29, 1.82) is 0 Å². The molecule has 0 aliphatic carbocycles. The number of carbonyl (C=O) groups excluding carboxylic acids is 2. The van der Waals surface area contributed by atoms with E-state index in [0.29, 0.717) is 6.54 Å². The maximum atomic E-state index is 11.2. The largest absolute Gasteiger partial charge is 0.334 e. The second kappa shape index (κ2) is 6.50. The Labute approximate surface area is 106 Å². The molecule has 0 spiro atoms. The molecule has 2 N–H and O–H groups in total. The summed E-state index contributed by atoms with van der Waals surface area (Å²) >= 11 is 8.59. The predicted octanol–water partition coefficient (Wildman–Crippen LogP) is 2.01. The van der Waals surface area contributed by atoms with Crippen LogP contribution in [0.5, 0.6) is 0 Å². The molecule has 6 heteroatoms. The Hall–Kier alpha value is -1.07. The van der Waals surface area contributed by atoms with Crippen LogP contribution in [0.2, 0.25) is 0 Å². The molecule has 4 nitrogen and oxygen atoms in total. The normalized spacial score (nSPS) is 9.62. The van der Waals surface area contributed by atoms with E-state index in [9.17, 15) is 9.59 Å². The first kappa shape index (κ1) is 13.0. The van der Waals surface area contributed by atoms with E-state index >= 15 is 0 Å². The lowest BCUT2D eigenvalue weighted by atomic mass is 10.2. The highest BCUT2D eigenvalue weighted by Gasteiger charge is 2.06. The number of rotatable bonds is 3. The molecule has 0 aliphatic rings. The molecule has 1 aromatic carbocycles. The summed E-state index contributed by atoms with van der Waals surface area (Å²) in [6.07, 6.45) is 0. The summed E-state index contributed by atoms with van der Waals surface area (Å²) in [5.41, 5.74) is 0.927. The van der Waals surface area contributed by atoms with Crippen LogP contribution in [0.3, 0.4) is 0 Å². The third-order valence-electron chi connectivity index (χ3n) is 1.77. The Kier molecular flexibility index (Phi) is 5.28. The Morgan fingerprint density at radius 3 is 2.62 bits per heavy atom. The smallest absolute Gasteiger partial charge is 0.321 e. The number of amides is 3. The second-order valence-corrected chi connectivity index (χ2v) is 4.08. The van der Waals surface area contributed by atoms with Crippen LogP contribution in [0.25, 0.3) is 0 Å². The Balaban J connectivity index is 2.43. The van der Waals surface area contributed by atoms with Gasteiger partial charge in [-0.15, -0.1) is 11.6 Å². The van der Waals surface area contributed by atoms with Crippen molar-refractivity contribution in [2.75, 3.05) is 5.88 Å². The maximum Gasteiger partial charge on any atom is 0.321 e. The predicted molar refractivity (Wildman–Crippen MR) is 65.2 cm³/mol. The zero-order valence-electron chi connectivity index (χ0n) is 8.30. The molecule has 3 amide bonds. The molecule has 0 atom stereocenters. The van der Waals surface area contributed by atoms with Crippen molar-refractivity contribution < 1.29 is 9.59 Å². The van der Waals surface area contributed by atoms with Gasteiger partial charge in [0.15, 0.2) is 0 Å². The molecule has 86 valence electrons. The average molecular weight is 306 g/mol. The summed E-state index contributed by atoms with van der Waals surface area (Å²) in [4.78, 5) is 22.0. The van der Waals surface area contributed by atoms with Crippen LogP contribution in [0.1, 0.15) is 5.56 Å². The molecular formula is C10H10BrClN2O2. The van der Waals surface area contributed by atoms with E-state index in [1.807, 2.05) is 24.3 Å². The summed E-state index contributed by atoms with van der Waals surface area (Å²) in [6.45, 7) is 0.336. The van der Waals surface area contributed by atoms with E-state index < -0.39 is 11.9 Å². The molecule has 16 heavy (non-hydrogen) atoms. The molecule has 0 saturated heterocycles. The first-order valence-corrected chi connectivity index (χ1v) is 5.83. The molecule has 0 aromatic heterocycles. The third kappa shape index (κ3) is 4.20. The lowest BCUT2D eigenvalue weighted by Crippen LogP contribution is -2.39. The number of alkyl halides is 1. The molecule has 0 bridgehead atoms. The maximum absolute atomic E-state index is 11.2. The molecule has 0 heterocycles. The van der Waals surface area contributed by atoms with E-state index in [1.54, 1.807) is 0 Å². The van der Waals surface area contributed by atoms with Gasteiger partial charge in [-0.05, 0) is 11.6 Å². The highest BCUT2D eigenvalue weighted by Crippen LogP contribution is 2.14. The summed E-state index contributed by atoms with van der Waals surface area (Å²) in [5.74, 6) is -0.756. The van der Waals surface area contributed by atoms with Crippen LogP contribution in [-0.4, -0.2) is 17.8 Å². The van der Waals surface area contributed by atoms with Crippen LogP contribution >= 0.6 is 27.5 Å². The second-order valence-electron chi connectivity index (χ2n) is 2.96. The Morgan fingerprint density at radius 1 is 1.31 bits per heavy atom. The summed E-state index contributed by atoms with van der Waals surface area (Å²) < 4.78 is 0.902. The topological polar surface area (TPSA) is 58.2 Å². The molecule has 1 rings (SSSR count). The van der Waals surface area contributed by atoms with Gasteiger partial charge in [-0.3, -0.25) is 10.1 Å². The number of hydrogen-bond donors (Lipinski definition) is 2. The fraction of sp³-hybridized carbons (Fsp3) is 0.200. The fourth-order valence-electron chi connectivity index (χ4n) is 1.02. The zero-order chi connectivity index (χ0) is 12.0. The number of urea groups is 1. The van der Waals surface area contributed by atoms with Gasteiger partial charge in [0.05, 0.1) is 0 Å². The van der Waals surface area contributed by atoms with Crippen molar-refractivity contribution in [3.05, 3.63) is 34.3 Å². The Bertz CT molecular complexity index is 398. The fourth-order valence-corrected chi connectivity index (χ4v) is 1.51. The Morgan fingerprint density at radius 2 is 2.00 bits per heavy atom. The van der Waals surface area contributed by atoms with Crippen molar-refractivity contribution in [3.63, 3.8) is 0 Å². The quantitative estimate of drug-likeness (QED) is 0.839. The molecule has 1 aromatic rings. The van der Waals surface area contributed by atoms with E-state index in [-0.39, 0.29) is 5.88 Å². The van der Waals surface area contributed by atoms with Crippen molar-refractivity contribution in [2.24, 2.45) is 0 Å². The highest BCUT2D eigenvalue weighted by molar-refractivity contribution is 9.10. The lowest BCUT2D eigenvalue weighted by Gasteiger charge is -2.06. The molecule has 0 fully saturated rings. The van der Waals surface area contributed by atoms with Gasteiger partial charge in [0, 0.05) is 11.0 Å². The van der Waals surface area contributed by atoms with Crippen molar-refractivity contribution >= 4 is 39.5 Å². The molecule has 0 unspecified atom stereocenters. The SMILES string of the molecule is O=C(CCl)NC(=O)NCc1ccccc1Br. The molecular weight excluding hydrogens is 295 g/mol. The van der Waals surface area contributed by atoms with Gasteiger partial charge in [0.1, 0.15) is 5.88 Å². The minimum absolute atomic E-state index is 0.234. The van der Waals surface area contributed by atoms with Gasteiger partial charge >= 0.3 is 6.03 Å². The molecule has 0 radical (unpaired) electrons. The van der Waals surface area contributed by atoms with Gasteiger partial charge in [0.2, 0.25) is 5.91 Å². The first-order valence-electron chi connectivity index (χ1n) is 4.50. The molecule has 0 saturated carbocycles. The van der Waals surface area contributed by atoms with Crippen LogP contribution < -0.4 is 10.6 Å². The van der Waals surface area contributed by atoms with Gasteiger partial charge in [-0.1, -0.05) is 34.1 Å². The van der Waals surface area contributed by atoms with Gasteiger partial charge in [-0.25, -0.2) is 4.79 Å². The summed E-state index contributed by atoms with van der Waals surface area (Å²) in [5, 5.41) is 4.63. The standard InChI is InChI=1S/C10H10BrClN2O2/c11-8-4-2-1-3-7(8)6-13-10(16)14-9(15)5-12/h1-4H,5-6H2,(H2,13,14,15,16). The summed E-state index contributed by atoms with van der Waals surface area (Å²) in [7, 11) is 0. The monoisotopic (exact) mass is 304 g/mol. The van der Waals surface area contributed by atoms with Crippen molar-refractivity contribution in [3.8, 4) is 0 Å². The van der Waals surface area contributed by atoms with Crippen molar-refractivity contribution in [1.82, 2.24) is 10.6 Å². The van der Waals surface area contributed by atoms with Crippen LogP contribution in [0, 0.1) is 0 Å². The number of carbonyl (C=O) groups is 2. The minimum atomic E-state index is -0.554. The van der Waals surface area contributed by atoms with E-state index in [1.165, 1.54) is 0 Å².